The van der Waals surface area contributed by atoms with E-state index in [0.717, 1.165) is 26.1 Å². The highest BCUT2D eigenvalue weighted by Crippen LogP contribution is 2.20. The van der Waals surface area contributed by atoms with Crippen molar-refractivity contribution >= 4 is 23.3 Å². The van der Waals surface area contributed by atoms with Gasteiger partial charge in [0.25, 0.3) is 0 Å². The van der Waals surface area contributed by atoms with Gasteiger partial charge in [-0.1, -0.05) is 18.5 Å². The Labute approximate surface area is 106 Å². The number of benzene rings is 1. The Hall–Kier alpha value is -1.26. The molecule has 0 aliphatic heterocycles. The van der Waals surface area contributed by atoms with Crippen molar-refractivity contribution in [1.29, 1.82) is 0 Å². The molecular weight excluding hydrogens is 240 g/mol. The molecule has 0 spiro atoms. The van der Waals surface area contributed by atoms with Crippen LogP contribution in [0.2, 0.25) is 5.02 Å². The standard InChI is InChI=1S/C12H17ClN2O2/c1-2-14-6-3-7-15-11-5-4-9(13)8-10(11)12(16)17/h4-5,8,14-15H,2-3,6-7H2,1H3,(H,16,17). The molecule has 5 heteroatoms. The van der Waals surface area contributed by atoms with Gasteiger partial charge in [0.05, 0.1) is 5.56 Å². The zero-order valence-corrected chi connectivity index (χ0v) is 10.5. The molecule has 1 rings (SSSR count). The molecule has 0 unspecified atom stereocenters. The van der Waals surface area contributed by atoms with Crippen molar-refractivity contribution in [1.82, 2.24) is 5.32 Å². The van der Waals surface area contributed by atoms with Crippen molar-refractivity contribution in [2.75, 3.05) is 25.0 Å². The van der Waals surface area contributed by atoms with Crippen LogP contribution in [0, 0.1) is 0 Å². The molecule has 4 nitrogen and oxygen atoms in total. The number of carboxylic acids is 1. The molecular formula is C12H17ClN2O2. The highest BCUT2D eigenvalue weighted by atomic mass is 35.5. The van der Waals surface area contributed by atoms with E-state index in [4.69, 9.17) is 16.7 Å². The van der Waals surface area contributed by atoms with Gasteiger partial charge in [0, 0.05) is 17.3 Å². The molecule has 0 fully saturated rings. The number of anilines is 1. The van der Waals surface area contributed by atoms with Crippen LogP contribution < -0.4 is 10.6 Å². The lowest BCUT2D eigenvalue weighted by atomic mass is 10.2. The van der Waals surface area contributed by atoms with Gasteiger partial charge in [0.15, 0.2) is 0 Å². The van der Waals surface area contributed by atoms with E-state index in [1.165, 1.54) is 6.07 Å². The molecule has 1 aromatic rings. The summed E-state index contributed by atoms with van der Waals surface area (Å²) in [5.74, 6) is -0.971. The molecule has 0 heterocycles. The average Bonchev–Trinajstić information content (AvgIpc) is 2.30. The zero-order valence-electron chi connectivity index (χ0n) is 9.79. The Morgan fingerprint density at radius 2 is 2.18 bits per heavy atom. The second-order valence-corrected chi connectivity index (χ2v) is 4.07. The minimum Gasteiger partial charge on any atom is -0.478 e. The van der Waals surface area contributed by atoms with E-state index in [0.29, 0.717) is 10.7 Å². The van der Waals surface area contributed by atoms with Crippen molar-refractivity contribution in [3.8, 4) is 0 Å². The Morgan fingerprint density at radius 1 is 1.41 bits per heavy atom. The third-order valence-corrected chi connectivity index (χ3v) is 2.54. The van der Waals surface area contributed by atoms with E-state index in [9.17, 15) is 4.79 Å². The minimum atomic E-state index is -0.971. The molecule has 0 atom stereocenters. The molecule has 94 valence electrons. The number of hydrogen-bond donors (Lipinski definition) is 3. The molecule has 0 saturated heterocycles. The second kappa shape index (κ2) is 7.14. The normalized spacial score (nSPS) is 10.2. The molecule has 0 amide bonds. The van der Waals surface area contributed by atoms with Crippen LogP contribution in [0.25, 0.3) is 0 Å². The van der Waals surface area contributed by atoms with Crippen LogP contribution in [0.1, 0.15) is 23.7 Å². The summed E-state index contributed by atoms with van der Waals surface area (Å²) in [5.41, 5.74) is 0.819. The number of halogens is 1. The van der Waals surface area contributed by atoms with Gasteiger partial charge in [0.2, 0.25) is 0 Å². The van der Waals surface area contributed by atoms with Gasteiger partial charge < -0.3 is 15.7 Å². The Bertz CT molecular complexity index is 383. The summed E-state index contributed by atoms with van der Waals surface area (Å²) in [6, 6.07) is 4.83. The van der Waals surface area contributed by atoms with Crippen molar-refractivity contribution in [2.45, 2.75) is 13.3 Å². The van der Waals surface area contributed by atoms with Crippen LogP contribution in [0.15, 0.2) is 18.2 Å². The van der Waals surface area contributed by atoms with Crippen LogP contribution in [0.3, 0.4) is 0 Å². The largest absolute Gasteiger partial charge is 0.478 e. The highest BCUT2D eigenvalue weighted by molar-refractivity contribution is 6.31. The maximum atomic E-state index is 11.0. The van der Waals surface area contributed by atoms with Gasteiger partial charge in [0.1, 0.15) is 0 Å². The van der Waals surface area contributed by atoms with Crippen molar-refractivity contribution in [2.24, 2.45) is 0 Å². The first-order chi connectivity index (χ1) is 8.15. The first-order valence-electron chi connectivity index (χ1n) is 5.62. The Balaban J connectivity index is 2.55. The molecule has 1 aromatic carbocycles. The van der Waals surface area contributed by atoms with Crippen LogP contribution in [0.4, 0.5) is 5.69 Å². The molecule has 0 radical (unpaired) electrons. The summed E-state index contributed by atoms with van der Waals surface area (Å²) in [4.78, 5) is 11.0. The zero-order chi connectivity index (χ0) is 12.7. The highest BCUT2D eigenvalue weighted by Gasteiger charge is 2.09. The van der Waals surface area contributed by atoms with Gasteiger partial charge in [-0.2, -0.15) is 0 Å². The predicted molar refractivity (Wildman–Crippen MR) is 70.1 cm³/mol. The Morgan fingerprint density at radius 3 is 2.82 bits per heavy atom. The summed E-state index contributed by atoms with van der Waals surface area (Å²) in [6.07, 6.45) is 0.940. The fourth-order valence-corrected chi connectivity index (χ4v) is 1.63. The smallest absolute Gasteiger partial charge is 0.337 e. The molecule has 0 saturated carbocycles. The van der Waals surface area contributed by atoms with E-state index in [1.54, 1.807) is 12.1 Å². The fourth-order valence-electron chi connectivity index (χ4n) is 1.46. The number of carbonyl (C=O) groups is 1. The van der Waals surface area contributed by atoms with E-state index in [2.05, 4.69) is 17.6 Å². The number of rotatable bonds is 7. The van der Waals surface area contributed by atoms with Crippen molar-refractivity contribution < 1.29 is 9.90 Å². The first kappa shape index (κ1) is 13.8. The van der Waals surface area contributed by atoms with Gasteiger partial charge in [-0.15, -0.1) is 0 Å². The van der Waals surface area contributed by atoms with Crippen molar-refractivity contribution in [3.63, 3.8) is 0 Å². The Kier molecular flexibility index (Phi) is 5.80. The van der Waals surface area contributed by atoms with Gasteiger partial charge in [-0.25, -0.2) is 4.79 Å². The maximum Gasteiger partial charge on any atom is 0.337 e. The number of aromatic carboxylic acids is 1. The fraction of sp³-hybridized carbons (Fsp3) is 0.417. The molecule has 0 aliphatic carbocycles. The summed E-state index contributed by atoms with van der Waals surface area (Å²) in [7, 11) is 0. The third-order valence-electron chi connectivity index (χ3n) is 2.31. The lowest BCUT2D eigenvalue weighted by Crippen LogP contribution is -2.17. The molecule has 3 N–H and O–H groups in total. The summed E-state index contributed by atoms with van der Waals surface area (Å²) in [5, 5.41) is 15.8. The van der Waals surface area contributed by atoms with Crippen molar-refractivity contribution in [3.05, 3.63) is 28.8 Å². The number of carboxylic acid groups (broad SMARTS) is 1. The third kappa shape index (κ3) is 4.63. The van der Waals surface area contributed by atoms with Crippen LogP contribution >= 0.6 is 11.6 Å². The summed E-state index contributed by atoms with van der Waals surface area (Å²) >= 11 is 5.76. The van der Waals surface area contributed by atoms with Gasteiger partial charge >= 0.3 is 5.97 Å². The molecule has 0 aliphatic rings. The lowest BCUT2D eigenvalue weighted by Gasteiger charge is -2.10. The first-order valence-corrected chi connectivity index (χ1v) is 6.00. The minimum absolute atomic E-state index is 0.209. The second-order valence-electron chi connectivity index (χ2n) is 3.63. The molecule has 17 heavy (non-hydrogen) atoms. The predicted octanol–water partition coefficient (Wildman–Crippen LogP) is 2.45. The summed E-state index contributed by atoms with van der Waals surface area (Å²) in [6.45, 7) is 4.64. The molecule has 0 bridgehead atoms. The topological polar surface area (TPSA) is 61.4 Å². The maximum absolute atomic E-state index is 11.0. The van der Waals surface area contributed by atoms with Gasteiger partial charge in [-0.3, -0.25) is 0 Å². The summed E-state index contributed by atoms with van der Waals surface area (Å²) < 4.78 is 0. The van der Waals surface area contributed by atoms with Crippen LogP contribution in [-0.4, -0.2) is 30.7 Å². The van der Waals surface area contributed by atoms with E-state index in [1.807, 2.05) is 0 Å². The number of nitrogens with one attached hydrogen (secondary N) is 2. The van der Waals surface area contributed by atoms with Crippen LogP contribution in [-0.2, 0) is 0 Å². The van der Waals surface area contributed by atoms with E-state index >= 15 is 0 Å². The average molecular weight is 257 g/mol. The number of hydrogen-bond acceptors (Lipinski definition) is 3. The monoisotopic (exact) mass is 256 g/mol. The van der Waals surface area contributed by atoms with E-state index in [-0.39, 0.29) is 5.56 Å². The van der Waals surface area contributed by atoms with Crippen LogP contribution in [0.5, 0.6) is 0 Å². The SMILES string of the molecule is CCNCCCNc1ccc(Cl)cc1C(=O)O. The quantitative estimate of drug-likeness (QED) is 0.656. The van der Waals surface area contributed by atoms with Gasteiger partial charge in [-0.05, 0) is 37.7 Å². The van der Waals surface area contributed by atoms with E-state index < -0.39 is 5.97 Å². The lowest BCUT2D eigenvalue weighted by molar-refractivity contribution is 0.0698. The molecule has 0 aromatic heterocycles.